The van der Waals surface area contributed by atoms with Gasteiger partial charge in [0.15, 0.2) is 15.3 Å². The quantitative estimate of drug-likeness (QED) is 0.507. The van der Waals surface area contributed by atoms with E-state index in [0.29, 0.717) is 23.1 Å². The molecule has 166 valence electrons. The van der Waals surface area contributed by atoms with Gasteiger partial charge in [0, 0.05) is 0 Å². The Kier molecular flexibility index (Phi) is 5.77. The van der Waals surface area contributed by atoms with Crippen molar-refractivity contribution in [2.45, 2.75) is 29.4 Å². The van der Waals surface area contributed by atoms with Crippen LogP contribution in [-0.4, -0.2) is 39.8 Å². The van der Waals surface area contributed by atoms with Crippen molar-refractivity contribution in [1.29, 1.82) is 0 Å². The summed E-state index contributed by atoms with van der Waals surface area (Å²) in [6.45, 7) is 0. The average Bonchev–Trinajstić information content (AvgIpc) is 2.97. The van der Waals surface area contributed by atoms with E-state index in [4.69, 9.17) is 9.47 Å². The number of fused-ring (bicyclic) bond motifs is 1. The van der Waals surface area contributed by atoms with Crippen molar-refractivity contribution in [2.24, 2.45) is 5.41 Å². The minimum atomic E-state index is -3.73. The smallest absolute Gasteiger partial charge is 0.323 e. The third-order valence-corrected chi connectivity index (χ3v) is 8.29. The first-order valence-corrected chi connectivity index (χ1v) is 11.9. The normalized spacial score (nSPS) is 19.7. The van der Waals surface area contributed by atoms with Gasteiger partial charge in [0.1, 0.15) is 5.25 Å². The van der Waals surface area contributed by atoms with Crippen molar-refractivity contribution < 1.29 is 27.5 Å². The molecule has 0 spiro atoms. The van der Waals surface area contributed by atoms with Crippen LogP contribution < -0.4 is 0 Å². The lowest BCUT2D eigenvalue weighted by molar-refractivity contribution is -0.169. The molecule has 4 rings (SSSR count). The number of esters is 2. The van der Waals surface area contributed by atoms with Crippen LogP contribution in [0.3, 0.4) is 0 Å². The maximum absolute atomic E-state index is 13.6. The monoisotopic (exact) mass is 452 g/mol. The van der Waals surface area contributed by atoms with E-state index in [-0.39, 0.29) is 17.7 Å². The first-order chi connectivity index (χ1) is 15.4. The average molecular weight is 453 g/mol. The lowest BCUT2D eigenvalue weighted by Gasteiger charge is -2.39. The Morgan fingerprint density at radius 2 is 1.47 bits per heavy atom. The number of benzene rings is 2. The minimum absolute atomic E-state index is 0.0310. The minimum Gasteiger partial charge on any atom is -0.468 e. The van der Waals surface area contributed by atoms with Crippen molar-refractivity contribution >= 4 is 27.3 Å². The van der Waals surface area contributed by atoms with Gasteiger partial charge in [-0.3, -0.25) is 9.59 Å². The van der Waals surface area contributed by atoms with E-state index in [1.54, 1.807) is 30.3 Å². The number of methoxy groups -OCH3 is 2. The van der Waals surface area contributed by atoms with Crippen LogP contribution in [0.15, 0.2) is 82.8 Å². The molecule has 6 nitrogen and oxygen atoms in total. The molecule has 2 aliphatic carbocycles. The van der Waals surface area contributed by atoms with Crippen molar-refractivity contribution in [1.82, 2.24) is 0 Å². The van der Waals surface area contributed by atoms with Crippen LogP contribution in [0.25, 0.3) is 5.57 Å². The van der Waals surface area contributed by atoms with Crippen LogP contribution in [-0.2, 0) is 28.9 Å². The third kappa shape index (κ3) is 3.37. The van der Waals surface area contributed by atoms with Gasteiger partial charge in [-0.2, -0.15) is 0 Å². The van der Waals surface area contributed by atoms with Crippen LogP contribution in [0.4, 0.5) is 0 Å². The van der Waals surface area contributed by atoms with Gasteiger partial charge in [-0.15, -0.1) is 0 Å². The molecule has 1 unspecified atom stereocenters. The summed E-state index contributed by atoms with van der Waals surface area (Å²) in [5.41, 5.74) is 1.17. The molecular weight excluding hydrogens is 428 g/mol. The van der Waals surface area contributed by atoms with Crippen LogP contribution in [0.2, 0.25) is 0 Å². The molecule has 0 bridgehead atoms. The molecule has 0 aliphatic heterocycles. The van der Waals surface area contributed by atoms with E-state index >= 15 is 0 Å². The van der Waals surface area contributed by atoms with Crippen molar-refractivity contribution in [3.8, 4) is 0 Å². The number of ether oxygens (including phenoxy) is 2. The zero-order valence-corrected chi connectivity index (χ0v) is 18.7. The molecule has 0 heterocycles. The molecule has 0 aromatic heterocycles. The number of hydrogen-bond acceptors (Lipinski definition) is 6. The highest BCUT2D eigenvalue weighted by molar-refractivity contribution is 7.92. The van der Waals surface area contributed by atoms with Crippen LogP contribution in [0.1, 0.15) is 24.8 Å². The molecule has 32 heavy (non-hydrogen) atoms. The van der Waals surface area contributed by atoms with Gasteiger partial charge in [-0.25, -0.2) is 8.42 Å². The van der Waals surface area contributed by atoms with E-state index in [9.17, 15) is 18.0 Å². The Bertz CT molecular complexity index is 1190. The van der Waals surface area contributed by atoms with Crippen molar-refractivity contribution in [3.63, 3.8) is 0 Å². The fraction of sp³-hybridized carbons (Fsp3) is 0.280. The number of rotatable bonds is 5. The second-order valence-electron chi connectivity index (χ2n) is 7.94. The molecule has 0 saturated carbocycles. The number of hydrogen-bond donors (Lipinski definition) is 0. The van der Waals surface area contributed by atoms with Gasteiger partial charge in [0.05, 0.1) is 19.1 Å². The molecule has 0 N–H and O–H groups in total. The van der Waals surface area contributed by atoms with Gasteiger partial charge in [-0.05, 0) is 53.7 Å². The summed E-state index contributed by atoms with van der Waals surface area (Å²) in [4.78, 5) is 25.8. The highest BCUT2D eigenvalue weighted by Crippen LogP contribution is 2.54. The van der Waals surface area contributed by atoms with Crippen LogP contribution in [0, 0.1) is 5.41 Å². The Balaban J connectivity index is 1.91. The van der Waals surface area contributed by atoms with Gasteiger partial charge in [0.2, 0.25) is 0 Å². The molecule has 0 fully saturated rings. The molecule has 2 aromatic carbocycles. The van der Waals surface area contributed by atoms with Crippen molar-refractivity contribution in [2.75, 3.05) is 14.2 Å². The highest BCUT2D eigenvalue weighted by Gasteiger charge is 2.55. The van der Waals surface area contributed by atoms with E-state index in [1.807, 2.05) is 36.4 Å². The maximum atomic E-state index is 13.6. The second kappa shape index (κ2) is 8.39. The Morgan fingerprint density at radius 1 is 0.906 bits per heavy atom. The lowest BCUT2D eigenvalue weighted by Crippen LogP contribution is -2.43. The topological polar surface area (TPSA) is 86.7 Å². The van der Waals surface area contributed by atoms with Crippen molar-refractivity contribution in [3.05, 3.63) is 83.4 Å². The molecule has 7 heteroatoms. The third-order valence-electron chi connectivity index (χ3n) is 6.25. The summed E-state index contributed by atoms with van der Waals surface area (Å²) in [6, 6.07) is 17.5. The van der Waals surface area contributed by atoms with Gasteiger partial charge >= 0.3 is 11.9 Å². The largest absolute Gasteiger partial charge is 0.468 e. The summed E-state index contributed by atoms with van der Waals surface area (Å²) in [5.74, 6) is -1.35. The molecule has 0 amide bonds. The van der Waals surface area contributed by atoms with E-state index in [0.717, 1.165) is 5.56 Å². The standard InChI is InChI=1S/C25H24O6S/c1-30-23(26)25(24(27)31-2)15-9-14-19-20(16-25)21(17-10-5-3-6-11-17)22(19)32(28,29)18-12-7-4-8-13-18/h3-8,10-14,22H,9,15-16H2,1-2H3. The van der Waals surface area contributed by atoms with Crippen LogP contribution >= 0.6 is 0 Å². The van der Waals surface area contributed by atoms with E-state index < -0.39 is 32.4 Å². The fourth-order valence-corrected chi connectivity index (χ4v) is 6.65. The zero-order chi connectivity index (χ0) is 22.9. The second-order valence-corrected chi connectivity index (χ2v) is 9.97. The Labute approximate surface area is 187 Å². The summed E-state index contributed by atoms with van der Waals surface area (Å²) < 4.78 is 37.3. The lowest BCUT2D eigenvalue weighted by atomic mass is 9.71. The molecule has 2 aliphatic rings. The van der Waals surface area contributed by atoms with Gasteiger partial charge in [-0.1, -0.05) is 54.6 Å². The predicted octanol–water partition coefficient (Wildman–Crippen LogP) is 3.74. The maximum Gasteiger partial charge on any atom is 0.323 e. The van der Waals surface area contributed by atoms with E-state index in [1.165, 1.54) is 14.2 Å². The number of carbonyl (C=O) groups excluding carboxylic acids is 2. The number of sulfone groups is 1. The Morgan fingerprint density at radius 3 is 2.03 bits per heavy atom. The summed E-state index contributed by atoms with van der Waals surface area (Å²) in [7, 11) is -1.26. The molecule has 2 aromatic rings. The molecule has 0 radical (unpaired) electrons. The highest BCUT2D eigenvalue weighted by atomic mass is 32.2. The SMILES string of the molecule is COC(=O)C1(C(=O)OC)CCC=C2C(=C(c3ccccc3)C2S(=O)(=O)c2ccccc2)C1. The molecule has 0 saturated heterocycles. The fourth-order valence-electron chi connectivity index (χ4n) is 4.68. The summed E-state index contributed by atoms with van der Waals surface area (Å²) in [5, 5.41) is -0.867. The van der Waals surface area contributed by atoms with Gasteiger partial charge in [0.25, 0.3) is 0 Å². The predicted molar refractivity (Wildman–Crippen MR) is 119 cm³/mol. The summed E-state index contributed by atoms with van der Waals surface area (Å²) in [6.07, 6.45) is 2.40. The van der Waals surface area contributed by atoms with Gasteiger partial charge < -0.3 is 9.47 Å². The first-order valence-electron chi connectivity index (χ1n) is 10.3. The number of carbonyl (C=O) groups is 2. The van der Waals surface area contributed by atoms with E-state index in [2.05, 4.69) is 0 Å². The molecular formula is C25H24O6S. The molecule has 1 atom stereocenters. The first kappa shape index (κ1) is 22.0. The van der Waals surface area contributed by atoms with Crippen LogP contribution in [0.5, 0.6) is 0 Å². The Hall–Kier alpha value is -3.19. The number of allylic oxidation sites excluding steroid dienone is 2. The summed E-state index contributed by atoms with van der Waals surface area (Å²) >= 11 is 0. The zero-order valence-electron chi connectivity index (χ0n) is 17.9.